The lowest BCUT2D eigenvalue weighted by Crippen LogP contribution is -2.31. The number of likely N-dealkylation sites (N-methyl/N-ethyl adjacent to an activating group) is 1. The van der Waals surface area contributed by atoms with Crippen molar-refractivity contribution in [3.05, 3.63) is 35.4 Å². The van der Waals surface area contributed by atoms with Crippen LogP contribution in [0.3, 0.4) is 0 Å². The largest absolute Gasteiger partial charge is 0.339 e. The molecule has 0 aromatic heterocycles. The Bertz CT molecular complexity index is 574. The number of rotatable bonds is 5. The molecule has 5 nitrogen and oxygen atoms in total. The summed E-state index contributed by atoms with van der Waals surface area (Å²) in [6.45, 7) is -0.271. The average Bonchev–Trinajstić information content (AvgIpc) is 2.26. The zero-order valence-electron chi connectivity index (χ0n) is 10.4. The number of carbonyl (C=O) groups is 1. The van der Waals surface area contributed by atoms with E-state index >= 15 is 0 Å². The predicted octanol–water partition coefficient (Wildman–Crippen LogP) is 1.01. The Morgan fingerprint density at radius 3 is 2.53 bits per heavy atom. The summed E-state index contributed by atoms with van der Waals surface area (Å²) in [4.78, 5) is 12.9. The van der Waals surface area contributed by atoms with Gasteiger partial charge in [-0.1, -0.05) is 0 Å². The summed E-state index contributed by atoms with van der Waals surface area (Å²) >= 11 is 0. The Kier molecular flexibility index (Phi) is 4.96. The third kappa shape index (κ3) is 4.92. The highest BCUT2D eigenvalue weighted by Crippen LogP contribution is 2.11. The van der Waals surface area contributed by atoms with Crippen molar-refractivity contribution >= 4 is 16.0 Å². The molecule has 0 atom stereocenters. The van der Waals surface area contributed by atoms with Crippen molar-refractivity contribution in [3.8, 4) is 0 Å². The predicted molar refractivity (Wildman–Crippen MR) is 64.1 cm³/mol. The van der Waals surface area contributed by atoms with Gasteiger partial charge in [-0.05, 0) is 12.1 Å². The number of hydrogen-bond acceptors (Lipinski definition) is 4. The van der Waals surface area contributed by atoms with E-state index in [1.807, 2.05) is 0 Å². The molecule has 0 unspecified atom stereocenters. The van der Waals surface area contributed by atoms with Crippen molar-refractivity contribution in [1.82, 2.24) is 4.90 Å². The van der Waals surface area contributed by atoms with E-state index in [1.165, 1.54) is 7.05 Å². The zero-order valence-corrected chi connectivity index (χ0v) is 11.2. The van der Waals surface area contributed by atoms with Crippen molar-refractivity contribution in [2.24, 2.45) is 0 Å². The lowest BCUT2D eigenvalue weighted by atomic mass is 10.2. The van der Waals surface area contributed by atoms with Gasteiger partial charge in [0.2, 0.25) is 0 Å². The SMILES string of the molecule is CN(CCOS(C)(=O)=O)C(=O)c1ccc(F)cc1F. The van der Waals surface area contributed by atoms with Gasteiger partial charge in [-0.3, -0.25) is 8.98 Å². The molecule has 19 heavy (non-hydrogen) atoms. The molecule has 0 heterocycles. The maximum atomic E-state index is 13.4. The molecule has 0 N–H and O–H groups in total. The molecule has 0 spiro atoms. The van der Waals surface area contributed by atoms with Crippen LogP contribution in [0.15, 0.2) is 18.2 Å². The maximum absolute atomic E-state index is 13.4. The van der Waals surface area contributed by atoms with E-state index in [1.54, 1.807) is 0 Å². The molecule has 0 aliphatic heterocycles. The van der Waals surface area contributed by atoms with Crippen LogP contribution in [0.1, 0.15) is 10.4 Å². The van der Waals surface area contributed by atoms with Gasteiger partial charge in [0.15, 0.2) is 0 Å². The smallest absolute Gasteiger partial charge is 0.264 e. The second-order valence-corrected chi connectivity index (χ2v) is 5.52. The summed E-state index contributed by atoms with van der Waals surface area (Å²) < 4.78 is 51.9. The van der Waals surface area contributed by atoms with Crippen LogP contribution in [0.2, 0.25) is 0 Å². The van der Waals surface area contributed by atoms with Gasteiger partial charge < -0.3 is 4.90 Å². The molecule has 0 radical (unpaired) electrons. The summed E-state index contributed by atoms with van der Waals surface area (Å²) in [6.07, 6.45) is 0.883. The fourth-order valence-electron chi connectivity index (χ4n) is 1.30. The summed E-state index contributed by atoms with van der Waals surface area (Å²) in [5.74, 6) is -2.44. The van der Waals surface area contributed by atoms with Gasteiger partial charge in [-0.25, -0.2) is 8.78 Å². The normalized spacial score (nSPS) is 11.4. The molecule has 0 aliphatic carbocycles. The van der Waals surface area contributed by atoms with Crippen molar-refractivity contribution < 1.29 is 26.2 Å². The van der Waals surface area contributed by atoms with Crippen molar-refractivity contribution in [2.45, 2.75) is 0 Å². The van der Waals surface area contributed by atoms with E-state index in [9.17, 15) is 22.0 Å². The van der Waals surface area contributed by atoms with Crippen LogP contribution in [-0.2, 0) is 14.3 Å². The first-order valence-corrected chi connectivity index (χ1v) is 7.07. The van der Waals surface area contributed by atoms with Crippen LogP contribution in [0.5, 0.6) is 0 Å². The van der Waals surface area contributed by atoms with Crippen molar-refractivity contribution in [1.29, 1.82) is 0 Å². The zero-order chi connectivity index (χ0) is 14.6. The Hall–Kier alpha value is -1.54. The molecule has 0 bridgehead atoms. The second kappa shape index (κ2) is 6.07. The van der Waals surface area contributed by atoms with Crippen LogP contribution in [0.4, 0.5) is 8.78 Å². The molecule has 8 heteroatoms. The molecule has 1 aromatic rings. The van der Waals surface area contributed by atoms with Crippen molar-refractivity contribution in [2.75, 3.05) is 26.5 Å². The minimum absolute atomic E-state index is 0.0390. The minimum atomic E-state index is -3.59. The number of halogens is 2. The van der Waals surface area contributed by atoms with E-state index in [-0.39, 0.29) is 18.7 Å². The van der Waals surface area contributed by atoms with Crippen LogP contribution in [0.25, 0.3) is 0 Å². The number of benzene rings is 1. The first kappa shape index (κ1) is 15.5. The first-order valence-electron chi connectivity index (χ1n) is 5.25. The Balaban J connectivity index is 2.67. The van der Waals surface area contributed by atoms with Gasteiger partial charge in [0, 0.05) is 19.7 Å². The van der Waals surface area contributed by atoms with Gasteiger partial charge in [0.05, 0.1) is 18.4 Å². The fourth-order valence-corrected chi connectivity index (χ4v) is 1.67. The number of carbonyl (C=O) groups excluding carboxylic acids is 1. The Morgan fingerprint density at radius 1 is 1.37 bits per heavy atom. The Labute approximate surface area is 109 Å². The second-order valence-electron chi connectivity index (χ2n) is 3.88. The van der Waals surface area contributed by atoms with E-state index < -0.39 is 27.7 Å². The standard InChI is InChI=1S/C11H13F2NO4S/c1-14(5-6-18-19(2,16)17)11(15)9-4-3-8(12)7-10(9)13/h3-4,7H,5-6H2,1-2H3. The maximum Gasteiger partial charge on any atom is 0.264 e. The van der Waals surface area contributed by atoms with Crippen LogP contribution < -0.4 is 0 Å². The van der Waals surface area contributed by atoms with Crippen LogP contribution >= 0.6 is 0 Å². The fraction of sp³-hybridized carbons (Fsp3) is 0.364. The average molecular weight is 293 g/mol. The molecule has 106 valence electrons. The van der Waals surface area contributed by atoms with Crippen molar-refractivity contribution in [3.63, 3.8) is 0 Å². The third-order valence-electron chi connectivity index (χ3n) is 2.23. The monoisotopic (exact) mass is 293 g/mol. The summed E-state index contributed by atoms with van der Waals surface area (Å²) in [5.41, 5.74) is -0.289. The highest BCUT2D eigenvalue weighted by molar-refractivity contribution is 7.85. The Morgan fingerprint density at radius 2 is 2.00 bits per heavy atom. The summed E-state index contributed by atoms with van der Waals surface area (Å²) in [5, 5.41) is 0. The molecule has 1 amide bonds. The van der Waals surface area contributed by atoms with E-state index in [4.69, 9.17) is 0 Å². The van der Waals surface area contributed by atoms with Gasteiger partial charge >= 0.3 is 0 Å². The summed E-state index contributed by atoms with van der Waals surface area (Å²) in [6, 6.07) is 2.60. The quantitative estimate of drug-likeness (QED) is 0.760. The van der Waals surface area contributed by atoms with E-state index in [0.717, 1.165) is 23.3 Å². The molecule has 0 saturated heterocycles. The highest BCUT2D eigenvalue weighted by atomic mass is 32.2. The highest BCUT2D eigenvalue weighted by Gasteiger charge is 2.17. The molecule has 0 fully saturated rings. The lowest BCUT2D eigenvalue weighted by Gasteiger charge is -2.17. The molecule has 1 rings (SSSR count). The summed E-state index contributed by atoms with van der Waals surface area (Å²) in [7, 11) is -2.23. The topological polar surface area (TPSA) is 63.7 Å². The molecular formula is C11H13F2NO4S. The van der Waals surface area contributed by atoms with E-state index in [2.05, 4.69) is 4.18 Å². The number of nitrogens with zero attached hydrogens (tertiary/aromatic N) is 1. The number of amides is 1. The first-order chi connectivity index (χ1) is 8.70. The van der Waals surface area contributed by atoms with E-state index in [0.29, 0.717) is 6.07 Å². The number of hydrogen-bond donors (Lipinski definition) is 0. The lowest BCUT2D eigenvalue weighted by molar-refractivity contribution is 0.0770. The van der Waals surface area contributed by atoms with Crippen LogP contribution in [0, 0.1) is 11.6 Å². The minimum Gasteiger partial charge on any atom is -0.339 e. The molecular weight excluding hydrogens is 280 g/mol. The van der Waals surface area contributed by atoms with Gasteiger partial charge in [-0.15, -0.1) is 0 Å². The molecule has 1 aromatic carbocycles. The molecule has 0 aliphatic rings. The third-order valence-corrected chi connectivity index (χ3v) is 2.83. The van der Waals surface area contributed by atoms with Gasteiger partial charge in [0.1, 0.15) is 11.6 Å². The van der Waals surface area contributed by atoms with Gasteiger partial charge in [-0.2, -0.15) is 8.42 Å². The molecule has 0 saturated carbocycles. The van der Waals surface area contributed by atoms with Gasteiger partial charge in [0.25, 0.3) is 16.0 Å². The van der Waals surface area contributed by atoms with Crippen LogP contribution in [-0.4, -0.2) is 45.7 Å².